The van der Waals surface area contributed by atoms with Crippen molar-refractivity contribution in [1.82, 2.24) is 0 Å². The van der Waals surface area contributed by atoms with Gasteiger partial charge in [-0.15, -0.1) is 0 Å². The molecule has 0 N–H and O–H groups in total. The van der Waals surface area contributed by atoms with Crippen molar-refractivity contribution >= 4 is 6.08 Å². The van der Waals surface area contributed by atoms with Gasteiger partial charge in [0.25, 0.3) is 0 Å². The van der Waals surface area contributed by atoms with Crippen LogP contribution in [-0.4, -0.2) is 0 Å². The third-order valence-electron chi connectivity index (χ3n) is 3.12. The zero-order valence-corrected chi connectivity index (χ0v) is 11.0. The molecule has 0 saturated carbocycles. The highest BCUT2D eigenvalue weighted by Gasteiger charge is 2.19. The second-order valence-corrected chi connectivity index (χ2v) is 4.44. The zero-order valence-electron chi connectivity index (χ0n) is 11.0. The van der Waals surface area contributed by atoms with E-state index >= 15 is 0 Å². The third kappa shape index (κ3) is 3.34. The fourth-order valence-electron chi connectivity index (χ4n) is 2.06. The zero-order chi connectivity index (χ0) is 14.2. The first-order chi connectivity index (χ1) is 9.85. The Balaban J connectivity index is 2.32. The van der Waals surface area contributed by atoms with Crippen LogP contribution < -0.4 is 0 Å². The van der Waals surface area contributed by atoms with E-state index in [2.05, 4.69) is 12.1 Å². The standard InChI is InChI=1S/C18H14N2/c19-13-17(14-20)18(16-9-5-2-6-10-16)12-11-15-7-3-1-4-8-15/h1-12,17-18H/b12-11+. The van der Waals surface area contributed by atoms with Crippen LogP contribution >= 0.6 is 0 Å². The van der Waals surface area contributed by atoms with E-state index in [9.17, 15) is 0 Å². The van der Waals surface area contributed by atoms with Crippen LogP contribution in [0.5, 0.6) is 0 Å². The minimum atomic E-state index is -0.683. The quantitative estimate of drug-likeness (QED) is 0.827. The summed E-state index contributed by atoms with van der Waals surface area (Å²) in [5, 5.41) is 18.3. The van der Waals surface area contributed by atoms with E-state index in [-0.39, 0.29) is 5.92 Å². The van der Waals surface area contributed by atoms with Gasteiger partial charge < -0.3 is 0 Å². The van der Waals surface area contributed by atoms with Crippen molar-refractivity contribution in [2.75, 3.05) is 0 Å². The van der Waals surface area contributed by atoms with Crippen LogP contribution in [0.2, 0.25) is 0 Å². The molecule has 0 heterocycles. The van der Waals surface area contributed by atoms with Crippen LogP contribution in [0.3, 0.4) is 0 Å². The van der Waals surface area contributed by atoms with E-state index < -0.39 is 5.92 Å². The number of benzene rings is 2. The maximum absolute atomic E-state index is 9.15. The van der Waals surface area contributed by atoms with Crippen molar-refractivity contribution in [2.24, 2.45) is 5.92 Å². The van der Waals surface area contributed by atoms with E-state index in [1.54, 1.807) is 0 Å². The van der Waals surface area contributed by atoms with Gasteiger partial charge in [0.1, 0.15) is 5.92 Å². The van der Waals surface area contributed by atoms with Gasteiger partial charge in [0.2, 0.25) is 0 Å². The van der Waals surface area contributed by atoms with Gasteiger partial charge >= 0.3 is 0 Å². The Morgan fingerprint density at radius 2 is 1.35 bits per heavy atom. The Kier molecular flexibility index (Phi) is 4.70. The smallest absolute Gasteiger partial charge is 0.143 e. The van der Waals surface area contributed by atoms with Crippen molar-refractivity contribution in [2.45, 2.75) is 5.92 Å². The highest BCUT2D eigenvalue weighted by atomic mass is 14.3. The van der Waals surface area contributed by atoms with Gasteiger partial charge in [-0.3, -0.25) is 0 Å². The first-order valence-corrected chi connectivity index (χ1v) is 6.42. The van der Waals surface area contributed by atoms with Gasteiger partial charge in [-0.2, -0.15) is 10.5 Å². The van der Waals surface area contributed by atoms with Gasteiger partial charge in [-0.05, 0) is 11.1 Å². The van der Waals surface area contributed by atoms with Crippen LogP contribution in [-0.2, 0) is 0 Å². The molecule has 0 aliphatic rings. The number of rotatable bonds is 4. The average Bonchev–Trinajstić information content (AvgIpc) is 2.53. The topological polar surface area (TPSA) is 47.6 Å². The molecule has 2 heteroatoms. The molecule has 0 saturated heterocycles. The van der Waals surface area contributed by atoms with Crippen molar-refractivity contribution in [3.63, 3.8) is 0 Å². The summed E-state index contributed by atoms with van der Waals surface area (Å²) in [6.45, 7) is 0. The van der Waals surface area contributed by atoms with Crippen LogP contribution in [0, 0.1) is 28.6 Å². The Bertz CT molecular complexity index is 631. The van der Waals surface area contributed by atoms with E-state index in [0.717, 1.165) is 11.1 Å². The van der Waals surface area contributed by atoms with Crippen molar-refractivity contribution in [3.05, 3.63) is 77.9 Å². The molecular weight excluding hydrogens is 244 g/mol. The minimum absolute atomic E-state index is 0.216. The molecule has 2 aromatic carbocycles. The summed E-state index contributed by atoms with van der Waals surface area (Å²) < 4.78 is 0. The number of hydrogen-bond donors (Lipinski definition) is 0. The van der Waals surface area contributed by atoms with E-state index in [0.29, 0.717) is 0 Å². The van der Waals surface area contributed by atoms with Crippen LogP contribution in [0.1, 0.15) is 17.0 Å². The molecule has 0 aliphatic heterocycles. The predicted molar refractivity (Wildman–Crippen MR) is 79.4 cm³/mol. The molecule has 2 nitrogen and oxygen atoms in total. The molecule has 1 atom stereocenters. The fraction of sp³-hybridized carbons (Fsp3) is 0.111. The summed E-state index contributed by atoms with van der Waals surface area (Å²) in [6.07, 6.45) is 3.89. The van der Waals surface area contributed by atoms with Gasteiger partial charge in [0.05, 0.1) is 12.1 Å². The maximum atomic E-state index is 9.15. The Morgan fingerprint density at radius 3 is 1.90 bits per heavy atom. The van der Waals surface area contributed by atoms with Gasteiger partial charge in [0, 0.05) is 5.92 Å². The maximum Gasteiger partial charge on any atom is 0.143 e. The average molecular weight is 258 g/mol. The van der Waals surface area contributed by atoms with Crippen LogP contribution in [0.25, 0.3) is 6.08 Å². The molecule has 0 amide bonds. The van der Waals surface area contributed by atoms with Crippen LogP contribution in [0.4, 0.5) is 0 Å². The number of allylic oxidation sites excluding steroid dienone is 1. The molecule has 96 valence electrons. The highest BCUT2D eigenvalue weighted by Crippen LogP contribution is 2.26. The van der Waals surface area contributed by atoms with Gasteiger partial charge in [0.15, 0.2) is 0 Å². The van der Waals surface area contributed by atoms with E-state index in [1.165, 1.54) is 0 Å². The third-order valence-corrected chi connectivity index (χ3v) is 3.12. The molecule has 0 fully saturated rings. The summed E-state index contributed by atoms with van der Waals surface area (Å²) in [6, 6.07) is 23.7. The predicted octanol–water partition coefficient (Wildman–Crippen LogP) is 4.15. The van der Waals surface area contributed by atoms with Crippen molar-refractivity contribution in [3.8, 4) is 12.1 Å². The molecule has 0 aromatic heterocycles. The fourth-order valence-corrected chi connectivity index (χ4v) is 2.06. The molecule has 0 aliphatic carbocycles. The number of nitrogens with zero attached hydrogens (tertiary/aromatic N) is 2. The van der Waals surface area contributed by atoms with Crippen LogP contribution in [0.15, 0.2) is 66.7 Å². The molecule has 0 spiro atoms. The Labute approximate surface area is 119 Å². The molecular formula is C18H14N2. The second kappa shape index (κ2) is 6.92. The SMILES string of the molecule is N#CC(C#N)C(/C=C/c1ccccc1)c1ccccc1. The summed E-state index contributed by atoms with van der Waals surface area (Å²) >= 11 is 0. The number of hydrogen-bond acceptors (Lipinski definition) is 2. The largest absolute Gasteiger partial charge is 0.197 e. The van der Waals surface area contributed by atoms with Crippen molar-refractivity contribution < 1.29 is 0 Å². The number of nitriles is 2. The van der Waals surface area contributed by atoms with E-state index in [1.807, 2.05) is 72.8 Å². The summed E-state index contributed by atoms with van der Waals surface area (Å²) in [4.78, 5) is 0. The first kappa shape index (κ1) is 13.6. The lowest BCUT2D eigenvalue weighted by Crippen LogP contribution is -2.06. The Morgan fingerprint density at radius 1 is 0.800 bits per heavy atom. The lowest BCUT2D eigenvalue weighted by molar-refractivity contribution is 0.735. The highest BCUT2D eigenvalue weighted by molar-refractivity contribution is 5.51. The molecule has 0 bridgehead atoms. The van der Waals surface area contributed by atoms with Crippen molar-refractivity contribution in [1.29, 1.82) is 10.5 Å². The first-order valence-electron chi connectivity index (χ1n) is 6.42. The minimum Gasteiger partial charge on any atom is -0.197 e. The molecule has 0 radical (unpaired) electrons. The summed E-state index contributed by atoms with van der Waals surface area (Å²) in [5.41, 5.74) is 2.04. The lowest BCUT2D eigenvalue weighted by atomic mass is 9.87. The second-order valence-electron chi connectivity index (χ2n) is 4.44. The normalized spacial score (nSPS) is 11.9. The lowest BCUT2D eigenvalue weighted by Gasteiger charge is -2.13. The Hall–Kier alpha value is -2.84. The summed E-state index contributed by atoms with van der Waals surface area (Å²) in [7, 11) is 0. The summed E-state index contributed by atoms with van der Waals surface area (Å²) in [5.74, 6) is -0.899. The molecule has 2 aromatic rings. The molecule has 2 rings (SSSR count). The molecule has 20 heavy (non-hydrogen) atoms. The van der Waals surface area contributed by atoms with E-state index in [4.69, 9.17) is 10.5 Å². The monoisotopic (exact) mass is 258 g/mol. The van der Waals surface area contributed by atoms with Gasteiger partial charge in [-0.25, -0.2) is 0 Å². The molecule has 1 unspecified atom stereocenters. The van der Waals surface area contributed by atoms with Gasteiger partial charge in [-0.1, -0.05) is 72.8 Å².